The van der Waals surface area contributed by atoms with Crippen molar-refractivity contribution in [3.63, 3.8) is 0 Å². The second kappa shape index (κ2) is 13.1. The number of aryl methyl sites for hydroxylation is 1. The van der Waals surface area contributed by atoms with Crippen LogP contribution in [0.5, 0.6) is 0 Å². The monoisotopic (exact) mass is 696 g/mol. The van der Waals surface area contributed by atoms with Gasteiger partial charge in [0, 0.05) is 48.5 Å². The number of nitrogens with one attached hydrogen (secondary N) is 1. The van der Waals surface area contributed by atoms with Crippen molar-refractivity contribution in [2.45, 2.75) is 57.0 Å². The summed E-state index contributed by atoms with van der Waals surface area (Å²) < 4.78 is 114. The smallest absolute Gasteiger partial charge is 0.417 e. The number of hydrogen-bond donors (Lipinski definition) is 2. The van der Waals surface area contributed by atoms with Gasteiger partial charge in [-0.2, -0.15) is 26.3 Å². The summed E-state index contributed by atoms with van der Waals surface area (Å²) in [5, 5.41) is 12.1. The van der Waals surface area contributed by atoms with Crippen LogP contribution in [0.15, 0.2) is 53.5 Å². The molecule has 1 aliphatic heterocycles. The predicted molar refractivity (Wildman–Crippen MR) is 162 cm³/mol. The van der Waals surface area contributed by atoms with Gasteiger partial charge in [0.2, 0.25) is 0 Å². The Balaban J connectivity index is 1.48. The van der Waals surface area contributed by atoms with E-state index in [1.165, 1.54) is 44.4 Å². The van der Waals surface area contributed by atoms with Crippen LogP contribution in [0, 0.1) is 18.6 Å². The number of carbonyl (C=O) groups is 2. The van der Waals surface area contributed by atoms with Crippen LogP contribution in [0.25, 0.3) is 22.0 Å². The van der Waals surface area contributed by atoms with E-state index in [0.717, 1.165) is 15.5 Å². The molecule has 1 amide bonds. The molecule has 4 aromatic rings. The van der Waals surface area contributed by atoms with E-state index < -0.39 is 82.3 Å². The molecule has 2 atom stereocenters. The second-order valence-corrected chi connectivity index (χ2v) is 11.7. The van der Waals surface area contributed by atoms with E-state index in [9.17, 15) is 45.8 Å². The standard InChI is InChI=1S/C33H28F8N4O4/c1-16-12-21(32(36,37)38)26(30(47)44(16)2)20-9-8-17(19-6-5-10-42-28(19)20)13-24(31(48)49)43-29(46)27-22(34)14-18(15-23(27)35)45-11-4-3-7-25(45)33(39,40)41/h5-6,8-10,12,14-15,24-25H,3-4,7,11,13H2,1-2H3,(H,43,46)(H,48,49). The molecule has 1 aliphatic rings. The third-order valence-electron chi connectivity index (χ3n) is 8.60. The molecule has 260 valence electrons. The molecule has 0 saturated carbocycles. The first-order valence-corrected chi connectivity index (χ1v) is 14.9. The van der Waals surface area contributed by atoms with Crippen LogP contribution in [0.1, 0.15) is 46.4 Å². The molecule has 2 N–H and O–H groups in total. The zero-order valence-corrected chi connectivity index (χ0v) is 25.8. The summed E-state index contributed by atoms with van der Waals surface area (Å²) >= 11 is 0. The number of piperidine rings is 1. The zero-order valence-electron chi connectivity index (χ0n) is 25.8. The van der Waals surface area contributed by atoms with E-state index >= 15 is 8.78 Å². The number of hydrogen-bond acceptors (Lipinski definition) is 5. The van der Waals surface area contributed by atoms with Crippen LogP contribution in [0.2, 0.25) is 0 Å². The molecule has 0 aliphatic carbocycles. The molecular weight excluding hydrogens is 668 g/mol. The van der Waals surface area contributed by atoms with Gasteiger partial charge in [0.15, 0.2) is 0 Å². The van der Waals surface area contributed by atoms with Gasteiger partial charge in [0.25, 0.3) is 11.5 Å². The Morgan fingerprint density at radius 1 is 1.04 bits per heavy atom. The van der Waals surface area contributed by atoms with Crippen molar-refractivity contribution in [1.29, 1.82) is 0 Å². The first-order chi connectivity index (χ1) is 22.9. The fourth-order valence-electron chi connectivity index (χ4n) is 6.09. The van der Waals surface area contributed by atoms with E-state index in [1.54, 1.807) is 0 Å². The van der Waals surface area contributed by atoms with Crippen molar-refractivity contribution in [2.75, 3.05) is 11.4 Å². The summed E-state index contributed by atoms with van der Waals surface area (Å²) in [5.74, 6) is -6.17. The molecule has 5 rings (SSSR count). The number of nitrogens with zero attached hydrogens (tertiary/aromatic N) is 3. The summed E-state index contributed by atoms with van der Waals surface area (Å²) in [6.07, 6.45) is -8.55. The maximum absolute atomic E-state index is 15.2. The highest BCUT2D eigenvalue weighted by atomic mass is 19.4. The van der Waals surface area contributed by atoms with E-state index in [2.05, 4.69) is 4.98 Å². The largest absolute Gasteiger partial charge is 0.480 e. The highest BCUT2D eigenvalue weighted by molar-refractivity contribution is 5.99. The van der Waals surface area contributed by atoms with E-state index in [1.807, 2.05) is 5.32 Å². The van der Waals surface area contributed by atoms with Gasteiger partial charge in [-0.15, -0.1) is 0 Å². The minimum atomic E-state index is -4.91. The first-order valence-electron chi connectivity index (χ1n) is 14.9. The summed E-state index contributed by atoms with van der Waals surface area (Å²) in [6, 6.07) is 3.42. The third-order valence-corrected chi connectivity index (χ3v) is 8.60. The number of pyridine rings is 2. The highest BCUT2D eigenvalue weighted by Crippen LogP contribution is 2.39. The Morgan fingerprint density at radius 3 is 2.33 bits per heavy atom. The molecule has 1 fully saturated rings. The van der Waals surface area contributed by atoms with Crippen LogP contribution >= 0.6 is 0 Å². The normalized spacial score (nSPS) is 16.1. The Hall–Kier alpha value is -5.02. The van der Waals surface area contributed by atoms with Gasteiger partial charge in [-0.3, -0.25) is 14.6 Å². The lowest BCUT2D eigenvalue weighted by molar-refractivity contribution is -0.152. The van der Waals surface area contributed by atoms with Crippen molar-refractivity contribution >= 4 is 28.5 Å². The van der Waals surface area contributed by atoms with Gasteiger partial charge in [-0.1, -0.05) is 18.2 Å². The number of anilines is 1. The van der Waals surface area contributed by atoms with Crippen molar-refractivity contribution in [3.8, 4) is 11.1 Å². The van der Waals surface area contributed by atoms with E-state index in [0.29, 0.717) is 18.6 Å². The molecule has 49 heavy (non-hydrogen) atoms. The molecule has 2 aromatic carbocycles. The predicted octanol–water partition coefficient (Wildman–Crippen LogP) is 6.55. The van der Waals surface area contributed by atoms with Crippen molar-refractivity contribution in [3.05, 3.63) is 93.0 Å². The third kappa shape index (κ3) is 6.94. The Labute approximate surface area is 273 Å². The minimum Gasteiger partial charge on any atom is -0.480 e. The molecule has 0 bridgehead atoms. The quantitative estimate of drug-likeness (QED) is 0.213. The van der Waals surface area contributed by atoms with Gasteiger partial charge in [0.05, 0.1) is 16.6 Å². The summed E-state index contributed by atoms with van der Waals surface area (Å²) in [4.78, 5) is 43.4. The van der Waals surface area contributed by atoms with Gasteiger partial charge in [-0.25, -0.2) is 13.6 Å². The number of halogens is 8. The fraction of sp³-hybridized carbons (Fsp3) is 0.333. The number of alkyl halides is 6. The molecule has 16 heteroatoms. The maximum Gasteiger partial charge on any atom is 0.417 e. The SMILES string of the molecule is Cc1cc(C(F)(F)F)c(-c2ccc(CC(NC(=O)c3c(F)cc(N4CCCCC4C(F)(F)F)cc3F)C(=O)O)c3cccnc23)c(=O)n1C. The maximum atomic E-state index is 15.2. The van der Waals surface area contributed by atoms with Gasteiger partial charge >= 0.3 is 18.3 Å². The number of amides is 1. The minimum absolute atomic E-state index is 0.0505. The number of aromatic nitrogens is 2. The average molecular weight is 697 g/mol. The van der Waals surface area contributed by atoms with Crippen LogP contribution in [0.3, 0.4) is 0 Å². The van der Waals surface area contributed by atoms with Crippen LogP contribution in [0.4, 0.5) is 40.8 Å². The number of aliphatic carboxylic acids is 1. The zero-order chi connectivity index (χ0) is 36.0. The lowest BCUT2D eigenvalue weighted by Crippen LogP contribution is -2.49. The van der Waals surface area contributed by atoms with Crippen LogP contribution in [-0.2, 0) is 24.4 Å². The Bertz CT molecular complexity index is 1980. The van der Waals surface area contributed by atoms with Gasteiger partial charge < -0.3 is 19.9 Å². The topological polar surface area (TPSA) is 105 Å². The van der Waals surface area contributed by atoms with Crippen molar-refractivity contribution < 1.29 is 49.8 Å². The Morgan fingerprint density at radius 2 is 1.71 bits per heavy atom. The van der Waals surface area contributed by atoms with E-state index in [4.69, 9.17) is 0 Å². The molecule has 0 spiro atoms. The van der Waals surface area contributed by atoms with E-state index in [-0.39, 0.29) is 47.1 Å². The molecule has 2 aromatic heterocycles. The number of rotatable bonds is 7. The average Bonchev–Trinajstić information content (AvgIpc) is 3.02. The fourth-order valence-corrected chi connectivity index (χ4v) is 6.09. The van der Waals surface area contributed by atoms with Crippen LogP contribution < -0.4 is 15.8 Å². The molecular formula is C33H28F8N4O4. The van der Waals surface area contributed by atoms with Crippen LogP contribution in [-0.4, -0.2) is 51.3 Å². The lowest BCUT2D eigenvalue weighted by Gasteiger charge is -2.38. The number of carboxylic acids is 1. The number of fused-ring (bicyclic) bond motifs is 1. The number of carboxylic acid groups (broad SMARTS) is 1. The van der Waals surface area contributed by atoms with Crippen molar-refractivity contribution in [2.24, 2.45) is 7.05 Å². The highest BCUT2D eigenvalue weighted by Gasteiger charge is 2.45. The lowest BCUT2D eigenvalue weighted by atomic mass is 9.93. The molecule has 0 radical (unpaired) electrons. The molecule has 3 heterocycles. The van der Waals surface area contributed by atoms with Gasteiger partial charge in [0.1, 0.15) is 29.3 Å². The molecule has 8 nitrogen and oxygen atoms in total. The molecule has 1 saturated heterocycles. The first kappa shape index (κ1) is 35.3. The summed E-state index contributed by atoms with van der Waals surface area (Å²) in [6.45, 7) is 1.21. The molecule has 2 unspecified atom stereocenters. The van der Waals surface area contributed by atoms with Gasteiger partial charge in [-0.05, 0) is 56.0 Å². The summed E-state index contributed by atoms with van der Waals surface area (Å²) in [7, 11) is 1.30. The Kier molecular flexibility index (Phi) is 9.45. The summed E-state index contributed by atoms with van der Waals surface area (Å²) in [5.41, 5.74) is -4.55. The second-order valence-electron chi connectivity index (χ2n) is 11.7. The number of carbonyl (C=O) groups excluding carboxylic acids is 1. The number of benzene rings is 2. The van der Waals surface area contributed by atoms with Crippen molar-refractivity contribution in [1.82, 2.24) is 14.9 Å².